The second-order valence-corrected chi connectivity index (χ2v) is 13.4. The monoisotopic (exact) mass is 727 g/mol. The zero-order valence-corrected chi connectivity index (χ0v) is 30.7. The number of pyridine rings is 1. The van der Waals surface area contributed by atoms with E-state index in [9.17, 15) is 19.2 Å². The van der Waals surface area contributed by atoms with E-state index in [4.69, 9.17) is 9.47 Å². The maximum atomic E-state index is 13.3. The van der Waals surface area contributed by atoms with Crippen molar-refractivity contribution < 1.29 is 23.9 Å². The minimum absolute atomic E-state index is 0.0643. The molecule has 0 bridgehead atoms. The second-order valence-electron chi connectivity index (χ2n) is 13.4. The molecule has 6 rings (SSSR count). The Labute approximate surface area is 314 Å². The summed E-state index contributed by atoms with van der Waals surface area (Å²) in [4.78, 5) is 53.8. The van der Waals surface area contributed by atoms with Gasteiger partial charge in [0.2, 0.25) is 0 Å². The number of aldehydes is 1. The number of aromatic nitrogens is 2. The third kappa shape index (κ3) is 8.98. The molecule has 2 heterocycles. The number of nitrogens with zero attached hydrogens (tertiary/aromatic N) is 1. The number of carbonyl (C=O) groups excluding carboxylic acids is 3. The summed E-state index contributed by atoms with van der Waals surface area (Å²) in [5.74, 6) is 1.43. The summed E-state index contributed by atoms with van der Waals surface area (Å²) >= 11 is 0. The van der Waals surface area contributed by atoms with Crippen molar-refractivity contribution >= 4 is 40.3 Å². The smallest absolute Gasteiger partial charge is 0.274 e. The lowest BCUT2D eigenvalue weighted by atomic mass is 9.96. The number of unbranched alkanes of at least 4 members (excludes halogenated alkanes) is 1. The number of anilines is 1. The van der Waals surface area contributed by atoms with Crippen molar-refractivity contribution in [2.45, 2.75) is 52.2 Å². The van der Waals surface area contributed by atoms with Gasteiger partial charge in [-0.3, -0.25) is 19.2 Å². The SMILES string of the molecule is CC(C)Oc1c(C=O)cccc1NCCCCNC(=O)c1ccc(CNC(=O)c2cc3c(C4=CCCC=C4Oc4ccccc4)cn(C)c(=O)c3[nH]2)cc1. The summed E-state index contributed by atoms with van der Waals surface area (Å²) in [5, 5.41) is 9.85. The molecule has 0 saturated carbocycles. The first-order chi connectivity index (χ1) is 26.2. The molecule has 4 N–H and O–H groups in total. The summed E-state index contributed by atoms with van der Waals surface area (Å²) in [6.45, 7) is 5.23. The molecule has 0 spiro atoms. The van der Waals surface area contributed by atoms with Gasteiger partial charge in [-0.25, -0.2) is 0 Å². The average molecular weight is 728 g/mol. The van der Waals surface area contributed by atoms with Crippen molar-refractivity contribution in [3.8, 4) is 11.5 Å². The van der Waals surface area contributed by atoms with E-state index in [-0.39, 0.29) is 35.7 Å². The molecular weight excluding hydrogens is 683 g/mol. The normalized spacial score (nSPS) is 12.5. The first kappa shape index (κ1) is 37.4. The van der Waals surface area contributed by atoms with Gasteiger partial charge in [0.25, 0.3) is 17.4 Å². The van der Waals surface area contributed by atoms with Gasteiger partial charge in [0.15, 0.2) is 12.0 Å². The molecule has 1 aliphatic carbocycles. The van der Waals surface area contributed by atoms with E-state index in [0.717, 1.165) is 54.4 Å². The van der Waals surface area contributed by atoms with Gasteiger partial charge in [-0.05, 0) is 93.6 Å². The molecule has 0 fully saturated rings. The van der Waals surface area contributed by atoms with Crippen molar-refractivity contribution in [2.24, 2.45) is 7.05 Å². The summed E-state index contributed by atoms with van der Waals surface area (Å²) in [6.07, 6.45) is 9.88. The number of aryl methyl sites for hydroxylation is 1. The van der Waals surface area contributed by atoms with Crippen LogP contribution < -0.4 is 31.0 Å². The van der Waals surface area contributed by atoms with Crippen LogP contribution in [0.1, 0.15) is 81.9 Å². The number of ether oxygens (including phenoxy) is 2. The van der Waals surface area contributed by atoms with Crippen molar-refractivity contribution in [2.75, 3.05) is 18.4 Å². The summed E-state index contributed by atoms with van der Waals surface area (Å²) in [6, 6.07) is 23.8. The molecule has 11 nitrogen and oxygen atoms in total. The first-order valence-electron chi connectivity index (χ1n) is 18.2. The fourth-order valence-electron chi connectivity index (χ4n) is 6.26. The highest BCUT2D eigenvalue weighted by molar-refractivity contribution is 6.02. The largest absolute Gasteiger partial charge is 0.488 e. The minimum Gasteiger partial charge on any atom is -0.488 e. The number of H-pyrrole nitrogens is 1. The first-order valence-corrected chi connectivity index (χ1v) is 18.2. The highest BCUT2D eigenvalue weighted by Crippen LogP contribution is 2.34. The average Bonchev–Trinajstić information content (AvgIpc) is 3.64. The van der Waals surface area contributed by atoms with Gasteiger partial charge in [0.1, 0.15) is 22.7 Å². The summed E-state index contributed by atoms with van der Waals surface area (Å²) < 4.78 is 13.6. The maximum absolute atomic E-state index is 13.3. The molecule has 0 saturated heterocycles. The highest BCUT2D eigenvalue weighted by Gasteiger charge is 2.21. The van der Waals surface area contributed by atoms with Gasteiger partial charge in [0, 0.05) is 55.0 Å². The molecule has 0 radical (unpaired) electrons. The van der Waals surface area contributed by atoms with Gasteiger partial charge < -0.3 is 35.0 Å². The molecule has 2 amide bonds. The Hall–Kier alpha value is -6.36. The standard InChI is InChI=1S/C43H45N5O6/c1-28(2)53-40-31(27-49)12-11-16-36(40)44-22-9-10-23-45-41(50)30-20-18-29(19-21-30)25-46-42(51)37-24-34-35(26-48(3)43(52)39(34)47-37)33-15-7-8-17-38(33)54-32-13-5-4-6-14-32/h4-6,11-21,24,26-28,44,47H,7-10,22-23,25H2,1-3H3,(H,45,50)(H,46,51). The van der Waals surface area contributed by atoms with Gasteiger partial charge in [-0.2, -0.15) is 0 Å². The molecular formula is C43H45N5O6. The molecule has 2 aromatic heterocycles. The number of hydrogen-bond donors (Lipinski definition) is 4. The van der Waals surface area contributed by atoms with E-state index in [0.29, 0.717) is 52.4 Å². The van der Waals surface area contributed by atoms with Crippen LogP contribution in [0.5, 0.6) is 11.5 Å². The third-order valence-electron chi connectivity index (χ3n) is 8.98. The quantitative estimate of drug-likeness (QED) is 0.0624. The number of fused-ring (bicyclic) bond motifs is 1. The number of rotatable bonds is 16. The molecule has 0 atom stereocenters. The number of para-hydroxylation sites is 2. The maximum Gasteiger partial charge on any atom is 0.274 e. The fourth-order valence-corrected chi connectivity index (χ4v) is 6.26. The van der Waals surface area contributed by atoms with Crippen LogP contribution in [0, 0.1) is 0 Å². The van der Waals surface area contributed by atoms with E-state index >= 15 is 0 Å². The Bertz CT molecular complexity index is 2250. The van der Waals surface area contributed by atoms with Crippen LogP contribution in [-0.4, -0.2) is 46.8 Å². The van der Waals surface area contributed by atoms with Gasteiger partial charge in [-0.1, -0.05) is 42.5 Å². The van der Waals surface area contributed by atoms with E-state index in [1.807, 2.05) is 62.4 Å². The second kappa shape index (κ2) is 17.4. The number of allylic oxidation sites excluding steroid dienone is 3. The van der Waals surface area contributed by atoms with Crippen molar-refractivity contribution in [1.29, 1.82) is 0 Å². The topological polar surface area (TPSA) is 144 Å². The Morgan fingerprint density at radius 2 is 1.67 bits per heavy atom. The number of amides is 2. The van der Waals surface area contributed by atoms with Crippen LogP contribution in [0.3, 0.4) is 0 Å². The third-order valence-corrected chi connectivity index (χ3v) is 8.98. The lowest BCUT2D eigenvalue weighted by Gasteiger charge is -2.18. The van der Waals surface area contributed by atoms with Crippen molar-refractivity contribution in [1.82, 2.24) is 20.2 Å². The minimum atomic E-state index is -0.357. The van der Waals surface area contributed by atoms with E-state index < -0.39 is 0 Å². The van der Waals surface area contributed by atoms with Crippen LogP contribution in [0.4, 0.5) is 5.69 Å². The van der Waals surface area contributed by atoms with Crippen LogP contribution in [0.15, 0.2) is 108 Å². The Kier molecular flexibility index (Phi) is 12.1. The van der Waals surface area contributed by atoms with Crippen LogP contribution >= 0.6 is 0 Å². The number of aromatic amines is 1. The Balaban J connectivity index is 1.01. The van der Waals surface area contributed by atoms with Gasteiger partial charge in [-0.15, -0.1) is 0 Å². The predicted molar refractivity (Wildman–Crippen MR) is 211 cm³/mol. The highest BCUT2D eigenvalue weighted by atomic mass is 16.5. The predicted octanol–water partition coefficient (Wildman–Crippen LogP) is 7.16. The lowest BCUT2D eigenvalue weighted by molar-refractivity contribution is 0.0940. The van der Waals surface area contributed by atoms with Crippen molar-refractivity contribution in [3.05, 3.63) is 141 Å². The van der Waals surface area contributed by atoms with Crippen LogP contribution in [0.2, 0.25) is 0 Å². The molecule has 278 valence electrons. The molecule has 5 aromatic rings. The van der Waals surface area contributed by atoms with E-state index in [1.165, 1.54) is 4.57 Å². The molecule has 1 aliphatic rings. The van der Waals surface area contributed by atoms with Gasteiger partial charge >= 0.3 is 0 Å². The molecule has 11 heteroatoms. The number of nitrogens with one attached hydrogen (secondary N) is 4. The number of benzene rings is 3. The number of carbonyl (C=O) groups is 3. The van der Waals surface area contributed by atoms with E-state index in [2.05, 4.69) is 27.0 Å². The molecule has 0 unspecified atom stereocenters. The molecule has 3 aromatic carbocycles. The van der Waals surface area contributed by atoms with Crippen LogP contribution in [-0.2, 0) is 13.6 Å². The lowest BCUT2D eigenvalue weighted by Crippen LogP contribution is -2.25. The molecule has 0 aliphatic heterocycles. The fraction of sp³-hybridized carbons (Fsp3) is 0.256. The number of hydrogen-bond acceptors (Lipinski definition) is 7. The Morgan fingerprint density at radius 3 is 2.43 bits per heavy atom. The van der Waals surface area contributed by atoms with Gasteiger partial charge in [0.05, 0.1) is 17.4 Å². The van der Waals surface area contributed by atoms with Crippen molar-refractivity contribution in [3.63, 3.8) is 0 Å². The Morgan fingerprint density at radius 1 is 0.907 bits per heavy atom. The summed E-state index contributed by atoms with van der Waals surface area (Å²) in [7, 11) is 1.69. The zero-order chi connectivity index (χ0) is 38.0. The van der Waals surface area contributed by atoms with E-state index in [1.54, 1.807) is 49.6 Å². The summed E-state index contributed by atoms with van der Waals surface area (Å²) in [5.41, 5.74) is 4.63. The zero-order valence-electron chi connectivity index (χ0n) is 30.7. The molecule has 54 heavy (non-hydrogen) atoms. The van der Waals surface area contributed by atoms with Crippen LogP contribution in [0.25, 0.3) is 16.5 Å².